The topological polar surface area (TPSA) is 52.0 Å². The summed E-state index contributed by atoms with van der Waals surface area (Å²) in [6, 6.07) is 6.22. The smallest absolute Gasteiger partial charge is 0.195 e. The SMILES string of the molecule is CC(C)Cc1nc2cc(CCCN)ccc2o1. The van der Waals surface area contributed by atoms with Gasteiger partial charge in [-0.1, -0.05) is 19.9 Å². The Balaban J connectivity index is 2.21. The molecule has 2 N–H and O–H groups in total. The first-order valence-electron chi connectivity index (χ1n) is 6.27. The van der Waals surface area contributed by atoms with Crippen molar-refractivity contribution in [1.29, 1.82) is 0 Å². The molecular formula is C14H20N2O. The van der Waals surface area contributed by atoms with E-state index in [-0.39, 0.29) is 0 Å². The lowest BCUT2D eigenvalue weighted by atomic mass is 10.1. The highest BCUT2D eigenvalue weighted by molar-refractivity contribution is 5.73. The van der Waals surface area contributed by atoms with Gasteiger partial charge in [0, 0.05) is 6.42 Å². The maximum Gasteiger partial charge on any atom is 0.195 e. The summed E-state index contributed by atoms with van der Waals surface area (Å²) in [5.41, 5.74) is 8.65. The minimum absolute atomic E-state index is 0.569. The van der Waals surface area contributed by atoms with Crippen LogP contribution in [0, 0.1) is 5.92 Å². The summed E-state index contributed by atoms with van der Waals surface area (Å²) in [5, 5.41) is 0. The largest absolute Gasteiger partial charge is 0.441 e. The van der Waals surface area contributed by atoms with Crippen molar-refractivity contribution >= 4 is 11.1 Å². The van der Waals surface area contributed by atoms with Crippen molar-refractivity contribution < 1.29 is 4.42 Å². The predicted molar refractivity (Wildman–Crippen MR) is 69.9 cm³/mol. The number of nitrogens with zero attached hydrogens (tertiary/aromatic N) is 1. The highest BCUT2D eigenvalue weighted by Gasteiger charge is 2.07. The van der Waals surface area contributed by atoms with Crippen LogP contribution < -0.4 is 5.73 Å². The molecule has 0 aliphatic rings. The number of hydrogen-bond donors (Lipinski definition) is 1. The van der Waals surface area contributed by atoms with E-state index >= 15 is 0 Å². The Morgan fingerprint density at radius 2 is 2.18 bits per heavy atom. The summed E-state index contributed by atoms with van der Waals surface area (Å²) in [7, 11) is 0. The van der Waals surface area contributed by atoms with Crippen molar-refractivity contribution in [3.63, 3.8) is 0 Å². The first kappa shape index (κ1) is 12.1. The lowest BCUT2D eigenvalue weighted by Gasteiger charge is -1.97. The average Bonchev–Trinajstić information content (AvgIpc) is 2.66. The van der Waals surface area contributed by atoms with Crippen molar-refractivity contribution in [3.8, 4) is 0 Å². The van der Waals surface area contributed by atoms with E-state index < -0.39 is 0 Å². The minimum Gasteiger partial charge on any atom is -0.441 e. The molecular weight excluding hydrogens is 212 g/mol. The second-order valence-corrected chi connectivity index (χ2v) is 4.90. The van der Waals surface area contributed by atoms with Crippen LogP contribution in [0.15, 0.2) is 22.6 Å². The highest BCUT2D eigenvalue weighted by atomic mass is 16.3. The normalized spacial score (nSPS) is 11.5. The first-order chi connectivity index (χ1) is 8.19. The van der Waals surface area contributed by atoms with Gasteiger partial charge in [0.25, 0.3) is 0 Å². The zero-order valence-electron chi connectivity index (χ0n) is 10.6. The van der Waals surface area contributed by atoms with Crippen LogP contribution in [0.2, 0.25) is 0 Å². The fourth-order valence-electron chi connectivity index (χ4n) is 1.92. The maximum atomic E-state index is 5.70. The van der Waals surface area contributed by atoms with E-state index in [1.165, 1.54) is 5.56 Å². The van der Waals surface area contributed by atoms with Gasteiger partial charge in [-0.2, -0.15) is 0 Å². The Morgan fingerprint density at radius 3 is 2.88 bits per heavy atom. The summed E-state index contributed by atoms with van der Waals surface area (Å²) in [6.07, 6.45) is 2.92. The molecule has 0 aliphatic carbocycles. The molecule has 0 atom stereocenters. The Kier molecular flexibility index (Phi) is 3.79. The Bertz CT molecular complexity index is 488. The van der Waals surface area contributed by atoms with Gasteiger partial charge in [0.1, 0.15) is 5.52 Å². The van der Waals surface area contributed by atoms with E-state index in [1.54, 1.807) is 0 Å². The molecule has 0 saturated heterocycles. The molecule has 3 nitrogen and oxygen atoms in total. The van der Waals surface area contributed by atoms with Gasteiger partial charge < -0.3 is 10.2 Å². The van der Waals surface area contributed by atoms with Crippen molar-refractivity contribution in [1.82, 2.24) is 4.98 Å². The average molecular weight is 232 g/mol. The number of fused-ring (bicyclic) bond motifs is 1. The molecule has 0 fully saturated rings. The van der Waals surface area contributed by atoms with Crippen LogP contribution in [-0.2, 0) is 12.8 Å². The van der Waals surface area contributed by atoms with Crippen LogP contribution in [0.1, 0.15) is 31.7 Å². The van der Waals surface area contributed by atoms with Gasteiger partial charge in [-0.25, -0.2) is 4.98 Å². The molecule has 0 bridgehead atoms. The fourth-order valence-corrected chi connectivity index (χ4v) is 1.92. The zero-order valence-corrected chi connectivity index (χ0v) is 10.6. The van der Waals surface area contributed by atoms with Crippen molar-refractivity contribution in [2.75, 3.05) is 6.54 Å². The van der Waals surface area contributed by atoms with Crippen LogP contribution in [0.4, 0.5) is 0 Å². The zero-order chi connectivity index (χ0) is 12.3. The molecule has 2 aromatic rings. The van der Waals surface area contributed by atoms with Gasteiger partial charge in [-0.05, 0) is 43.0 Å². The van der Waals surface area contributed by atoms with Gasteiger partial charge in [0.05, 0.1) is 0 Å². The standard InChI is InChI=1S/C14H20N2O/c1-10(2)8-14-16-12-9-11(4-3-7-15)5-6-13(12)17-14/h5-6,9-10H,3-4,7-8,15H2,1-2H3. The summed E-state index contributed by atoms with van der Waals surface area (Å²) in [6.45, 7) is 5.07. The van der Waals surface area contributed by atoms with E-state index in [0.29, 0.717) is 5.92 Å². The monoisotopic (exact) mass is 232 g/mol. The van der Waals surface area contributed by atoms with Crippen LogP contribution in [0.5, 0.6) is 0 Å². The number of nitrogens with two attached hydrogens (primary N) is 1. The van der Waals surface area contributed by atoms with E-state index in [4.69, 9.17) is 10.2 Å². The summed E-state index contributed by atoms with van der Waals surface area (Å²) in [4.78, 5) is 4.52. The third-order valence-electron chi connectivity index (χ3n) is 2.75. The minimum atomic E-state index is 0.569. The Hall–Kier alpha value is -1.35. The number of rotatable bonds is 5. The molecule has 0 radical (unpaired) electrons. The van der Waals surface area contributed by atoms with Crippen molar-refractivity contribution in [2.45, 2.75) is 33.1 Å². The number of aromatic nitrogens is 1. The molecule has 1 aromatic carbocycles. The first-order valence-corrected chi connectivity index (χ1v) is 6.27. The Morgan fingerprint density at radius 1 is 1.35 bits per heavy atom. The molecule has 92 valence electrons. The lowest BCUT2D eigenvalue weighted by molar-refractivity contribution is 0.482. The second-order valence-electron chi connectivity index (χ2n) is 4.90. The van der Waals surface area contributed by atoms with Gasteiger partial charge >= 0.3 is 0 Å². The number of hydrogen-bond acceptors (Lipinski definition) is 3. The third kappa shape index (κ3) is 3.07. The van der Waals surface area contributed by atoms with Crippen LogP contribution >= 0.6 is 0 Å². The molecule has 3 heteroatoms. The highest BCUT2D eigenvalue weighted by Crippen LogP contribution is 2.19. The van der Waals surface area contributed by atoms with Gasteiger partial charge in [0.2, 0.25) is 0 Å². The molecule has 1 aromatic heterocycles. The van der Waals surface area contributed by atoms with E-state index in [0.717, 1.165) is 42.8 Å². The molecule has 0 spiro atoms. The number of oxazole rings is 1. The summed E-state index contributed by atoms with van der Waals surface area (Å²) in [5.74, 6) is 1.41. The van der Waals surface area contributed by atoms with Crippen LogP contribution in [-0.4, -0.2) is 11.5 Å². The van der Waals surface area contributed by atoms with E-state index in [2.05, 4.69) is 31.0 Å². The molecule has 0 amide bonds. The van der Waals surface area contributed by atoms with Crippen molar-refractivity contribution in [2.24, 2.45) is 11.7 Å². The molecule has 0 aliphatic heterocycles. The van der Waals surface area contributed by atoms with Crippen LogP contribution in [0.3, 0.4) is 0 Å². The lowest BCUT2D eigenvalue weighted by Crippen LogP contribution is -2.00. The summed E-state index contributed by atoms with van der Waals surface area (Å²) < 4.78 is 5.70. The van der Waals surface area contributed by atoms with Crippen LogP contribution in [0.25, 0.3) is 11.1 Å². The Labute approximate surface area is 102 Å². The number of benzene rings is 1. The van der Waals surface area contributed by atoms with Gasteiger partial charge in [-0.3, -0.25) is 0 Å². The molecule has 17 heavy (non-hydrogen) atoms. The maximum absolute atomic E-state index is 5.70. The van der Waals surface area contributed by atoms with Crippen molar-refractivity contribution in [3.05, 3.63) is 29.7 Å². The number of aryl methyl sites for hydroxylation is 1. The van der Waals surface area contributed by atoms with Gasteiger partial charge in [-0.15, -0.1) is 0 Å². The molecule has 1 heterocycles. The molecule has 0 unspecified atom stereocenters. The second kappa shape index (κ2) is 5.32. The van der Waals surface area contributed by atoms with E-state index in [9.17, 15) is 0 Å². The predicted octanol–water partition coefficient (Wildman–Crippen LogP) is 2.92. The summed E-state index contributed by atoms with van der Waals surface area (Å²) >= 11 is 0. The quantitative estimate of drug-likeness (QED) is 0.862. The van der Waals surface area contributed by atoms with Gasteiger partial charge in [0.15, 0.2) is 11.5 Å². The fraction of sp³-hybridized carbons (Fsp3) is 0.500. The van der Waals surface area contributed by atoms with E-state index in [1.807, 2.05) is 6.07 Å². The third-order valence-corrected chi connectivity index (χ3v) is 2.75. The molecule has 0 saturated carbocycles. The molecule has 2 rings (SSSR count).